The molecule has 0 spiro atoms. The summed E-state index contributed by atoms with van der Waals surface area (Å²) in [6, 6.07) is 9.93. The highest BCUT2D eigenvalue weighted by Gasteiger charge is 2.10. The van der Waals surface area contributed by atoms with Crippen LogP contribution in [0.15, 0.2) is 61.2 Å². The van der Waals surface area contributed by atoms with Crippen LogP contribution in [0.3, 0.4) is 0 Å². The van der Waals surface area contributed by atoms with Crippen molar-refractivity contribution in [2.75, 3.05) is 5.32 Å². The highest BCUT2D eigenvalue weighted by Crippen LogP contribution is 2.20. The Morgan fingerprint density at radius 2 is 1.91 bits per heavy atom. The van der Waals surface area contributed by atoms with Crippen LogP contribution in [-0.2, 0) is 0 Å². The molecule has 3 aromatic rings. The minimum absolute atomic E-state index is 0.222. The maximum Gasteiger partial charge on any atom is 0.274 e. The summed E-state index contributed by atoms with van der Waals surface area (Å²) < 4.78 is 5.62. The van der Waals surface area contributed by atoms with Crippen molar-refractivity contribution in [3.63, 3.8) is 0 Å². The normalized spacial score (nSPS) is 10.1. The molecule has 0 aliphatic carbocycles. The van der Waals surface area contributed by atoms with Gasteiger partial charge in [-0.2, -0.15) is 0 Å². The average Bonchev–Trinajstić information content (AvgIpc) is 2.56. The number of carbonyl (C=O) groups is 1. The summed E-state index contributed by atoms with van der Waals surface area (Å²) in [5, 5.41) is 2.99. The zero-order valence-corrected chi connectivity index (χ0v) is 12.6. The molecule has 0 saturated heterocycles. The van der Waals surface area contributed by atoms with Crippen LogP contribution in [-0.4, -0.2) is 20.9 Å². The first-order valence-corrected chi connectivity index (χ1v) is 7.05. The number of nitrogens with zero attached hydrogens (tertiary/aromatic N) is 3. The Hall–Kier alpha value is -2.99. The second-order valence-corrected chi connectivity index (χ2v) is 4.88. The van der Waals surface area contributed by atoms with Gasteiger partial charge in [0.25, 0.3) is 5.91 Å². The van der Waals surface area contributed by atoms with Gasteiger partial charge in [0, 0.05) is 30.3 Å². The van der Waals surface area contributed by atoms with Gasteiger partial charge in [-0.3, -0.25) is 14.8 Å². The zero-order chi connectivity index (χ0) is 16.1. The predicted octanol–water partition coefficient (Wildman–Crippen LogP) is 3.57. The third-order valence-corrected chi connectivity index (χ3v) is 3.03. The van der Waals surface area contributed by atoms with E-state index in [1.165, 1.54) is 12.4 Å². The van der Waals surface area contributed by atoms with Gasteiger partial charge in [-0.25, -0.2) is 4.98 Å². The quantitative estimate of drug-likeness (QED) is 0.742. The van der Waals surface area contributed by atoms with Gasteiger partial charge in [0.05, 0.1) is 6.20 Å². The van der Waals surface area contributed by atoms with Gasteiger partial charge in [-0.05, 0) is 30.3 Å². The van der Waals surface area contributed by atoms with E-state index in [1.807, 2.05) is 0 Å². The third-order valence-electron chi connectivity index (χ3n) is 2.82. The number of ether oxygens (including phenoxy) is 1. The van der Waals surface area contributed by atoms with Crippen molar-refractivity contribution in [1.29, 1.82) is 0 Å². The second kappa shape index (κ2) is 6.85. The van der Waals surface area contributed by atoms with Gasteiger partial charge in [-0.15, -0.1) is 0 Å². The Labute approximate surface area is 137 Å². The van der Waals surface area contributed by atoms with Crippen molar-refractivity contribution in [2.24, 2.45) is 0 Å². The molecule has 0 bridgehead atoms. The fraction of sp³-hybridized carbons (Fsp3) is 0. The van der Waals surface area contributed by atoms with Crippen LogP contribution in [0.1, 0.15) is 10.5 Å². The molecule has 0 radical (unpaired) electrons. The molecule has 3 aromatic heterocycles. The van der Waals surface area contributed by atoms with Gasteiger partial charge in [-0.1, -0.05) is 11.6 Å². The highest BCUT2D eigenvalue weighted by atomic mass is 35.5. The molecular weight excluding hydrogens is 316 g/mol. The van der Waals surface area contributed by atoms with Gasteiger partial charge in [0.1, 0.15) is 22.3 Å². The van der Waals surface area contributed by atoms with E-state index in [-0.39, 0.29) is 11.6 Å². The molecule has 1 N–H and O–H groups in total. The van der Waals surface area contributed by atoms with Crippen molar-refractivity contribution in [3.8, 4) is 11.5 Å². The first-order chi connectivity index (χ1) is 11.2. The minimum Gasteiger partial charge on any atom is -0.456 e. The Bertz CT molecular complexity index is 827. The van der Waals surface area contributed by atoms with E-state index in [1.54, 1.807) is 48.8 Å². The van der Waals surface area contributed by atoms with Gasteiger partial charge < -0.3 is 10.1 Å². The van der Waals surface area contributed by atoms with Gasteiger partial charge in [0.2, 0.25) is 0 Å². The lowest BCUT2D eigenvalue weighted by molar-refractivity contribution is 0.102. The average molecular weight is 327 g/mol. The van der Waals surface area contributed by atoms with E-state index in [9.17, 15) is 4.79 Å². The Morgan fingerprint density at radius 1 is 1.04 bits per heavy atom. The Kier molecular flexibility index (Phi) is 4.44. The molecule has 0 fully saturated rings. The van der Waals surface area contributed by atoms with E-state index in [0.29, 0.717) is 22.3 Å². The molecule has 0 saturated carbocycles. The molecule has 7 heteroatoms. The SMILES string of the molecule is O=C(Nc1ccnc(Cl)c1)c1cc(Oc2cccnc2)ccn1. The number of nitrogens with one attached hydrogen (secondary N) is 1. The maximum absolute atomic E-state index is 12.2. The number of aromatic nitrogens is 3. The second-order valence-electron chi connectivity index (χ2n) is 4.49. The Morgan fingerprint density at radius 3 is 2.70 bits per heavy atom. The summed E-state index contributed by atoms with van der Waals surface area (Å²) in [7, 11) is 0. The molecular formula is C16H11ClN4O2. The van der Waals surface area contributed by atoms with E-state index in [4.69, 9.17) is 16.3 Å². The lowest BCUT2D eigenvalue weighted by Gasteiger charge is -2.07. The smallest absolute Gasteiger partial charge is 0.274 e. The number of amides is 1. The molecule has 3 heterocycles. The number of hydrogen-bond acceptors (Lipinski definition) is 5. The zero-order valence-electron chi connectivity index (χ0n) is 11.8. The fourth-order valence-electron chi connectivity index (χ4n) is 1.82. The first kappa shape index (κ1) is 14.9. The van der Waals surface area contributed by atoms with E-state index in [2.05, 4.69) is 20.3 Å². The number of carbonyl (C=O) groups excluding carboxylic acids is 1. The van der Waals surface area contributed by atoms with E-state index in [0.717, 1.165) is 0 Å². The number of halogens is 1. The molecule has 0 aromatic carbocycles. The van der Waals surface area contributed by atoms with Crippen molar-refractivity contribution in [2.45, 2.75) is 0 Å². The van der Waals surface area contributed by atoms with Crippen LogP contribution in [0.4, 0.5) is 5.69 Å². The van der Waals surface area contributed by atoms with Crippen LogP contribution < -0.4 is 10.1 Å². The molecule has 6 nitrogen and oxygen atoms in total. The fourth-order valence-corrected chi connectivity index (χ4v) is 1.99. The minimum atomic E-state index is -0.371. The van der Waals surface area contributed by atoms with Crippen molar-refractivity contribution >= 4 is 23.2 Å². The van der Waals surface area contributed by atoms with Crippen LogP contribution in [0.25, 0.3) is 0 Å². The van der Waals surface area contributed by atoms with Crippen molar-refractivity contribution in [1.82, 2.24) is 15.0 Å². The van der Waals surface area contributed by atoms with Crippen LogP contribution in [0.5, 0.6) is 11.5 Å². The number of anilines is 1. The number of pyridine rings is 3. The Balaban J connectivity index is 1.75. The summed E-state index contributed by atoms with van der Waals surface area (Å²) >= 11 is 5.79. The predicted molar refractivity (Wildman–Crippen MR) is 85.7 cm³/mol. The molecule has 114 valence electrons. The van der Waals surface area contributed by atoms with Gasteiger partial charge >= 0.3 is 0 Å². The summed E-state index contributed by atoms with van der Waals surface area (Å²) in [6.45, 7) is 0. The summed E-state index contributed by atoms with van der Waals surface area (Å²) in [5.41, 5.74) is 0.759. The molecule has 23 heavy (non-hydrogen) atoms. The van der Waals surface area contributed by atoms with Crippen molar-refractivity contribution < 1.29 is 9.53 Å². The standard InChI is InChI=1S/C16H11ClN4O2/c17-15-8-11(3-6-20-15)21-16(22)14-9-12(4-7-19-14)23-13-2-1-5-18-10-13/h1-10H,(H,20,21,22). The number of hydrogen-bond donors (Lipinski definition) is 1. The van der Waals surface area contributed by atoms with Crippen LogP contribution in [0.2, 0.25) is 5.15 Å². The molecule has 0 atom stereocenters. The monoisotopic (exact) mass is 326 g/mol. The van der Waals surface area contributed by atoms with E-state index < -0.39 is 0 Å². The summed E-state index contributed by atoms with van der Waals surface area (Å²) in [4.78, 5) is 24.1. The lowest BCUT2D eigenvalue weighted by Crippen LogP contribution is -2.13. The maximum atomic E-state index is 12.2. The highest BCUT2D eigenvalue weighted by molar-refractivity contribution is 6.29. The molecule has 1 amide bonds. The van der Waals surface area contributed by atoms with Crippen LogP contribution in [0, 0.1) is 0 Å². The molecule has 0 unspecified atom stereocenters. The van der Waals surface area contributed by atoms with Gasteiger partial charge in [0.15, 0.2) is 0 Å². The first-order valence-electron chi connectivity index (χ1n) is 6.67. The molecule has 0 aliphatic heterocycles. The largest absolute Gasteiger partial charge is 0.456 e. The topological polar surface area (TPSA) is 77.0 Å². The summed E-state index contributed by atoms with van der Waals surface area (Å²) in [6.07, 6.45) is 6.24. The third kappa shape index (κ3) is 4.02. The van der Waals surface area contributed by atoms with E-state index >= 15 is 0 Å². The van der Waals surface area contributed by atoms with Crippen molar-refractivity contribution in [3.05, 3.63) is 72.0 Å². The lowest BCUT2D eigenvalue weighted by atomic mass is 10.3. The number of rotatable bonds is 4. The summed E-state index contributed by atoms with van der Waals surface area (Å²) in [5.74, 6) is 0.695. The molecule has 3 rings (SSSR count). The van der Waals surface area contributed by atoms with Crippen LogP contribution >= 0.6 is 11.6 Å². The molecule has 0 aliphatic rings.